The van der Waals surface area contributed by atoms with Crippen molar-refractivity contribution >= 4 is 21.1 Å². The predicted octanol–water partition coefficient (Wildman–Crippen LogP) is 2.92. The number of nitrogens with zero attached hydrogens (tertiary/aromatic N) is 1. The largest absolute Gasteiger partial charge is 0.345 e. The van der Waals surface area contributed by atoms with E-state index >= 15 is 0 Å². The van der Waals surface area contributed by atoms with Gasteiger partial charge < -0.3 is 4.98 Å². The maximum atomic E-state index is 12.6. The van der Waals surface area contributed by atoms with E-state index in [1.54, 1.807) is 12.4 Å². The van der Waals surface area contributed by atoms with Crippen LogP contribution in [0.3, 0.4) is 0 Å². The number of hydrogen-bond acceptors (Lipinski definition) is 3. The van der Waals surface area contributed by atoms with E-state index in [9.17, 15) is 8.42 Å². The second-order valence-corrected chi connectivity index (χ2v) is 7.98. The third-order valence-corrected chi connectivity index (χ3v) is 5.98. The summed E-state index contributed by atoms with van der Waals surface area (Å²) in [5.41, 5.74) is 5.12. The monoisotopic (exact) mass is 341 g/mol. The Morgan fingerprint density at radius 1 is 1.04 bits per heavy atom. The molecule has 2 N–H and O–H groups in total. The lowest BCUT2D eigenvalue weighted by Gasteiger charge is -2.16. The Morgan fingerprint density at radius 3 is 2.75 bits per heavy atom. The first-order valence-corrected chi connectivity index (χ1v) is 9.64. The molecule has 0 bridgehead atoms. The highest BCUT2D eigenvalue weighted by Crippen LogP contribution is 2.24. The van der Waals surface area contributed by atoms with Gasteiger partial charge in [0.2, 0.25) is 10.0 Å². The summed E-state index contributed by atoms with van der Waals surface area (Å²) in [6, 6.07) is 11.2. The molecule has 1 heterocycles. The molecular formula is C18H19N3O2S. The van der Waals surface area contributed by atoms with Crippen molar-refractivity contribution in [3.63, 3.8) is 0 Å². The van der Waals surface area contributed by atoms with Gasteiger partial charge in [-0.05, 0) is 66.6 Å². The normalized spacial score (nSPS) is 14.7. The average Bonchev–Trinajstić information content (AvgIpc) is 3.07. The summed E-state index contributed by atoms with van der Waals surface area (Å²) in [7, 11) is -3.51. The first-order valence-electron chi connectivity index (χ1n) is 8.15. The van der Waals surface area contributed by atoms with Crippen LogP contribution < -0.4 is 4.72 Å². The van der Waals surface area contributed by atoms with Crippen molar-refractivity contribution in [1.82, 2.24) is 14.7 Å². The number of fused-ring (bicyclic) bond motifs is 2. The minimum Gasteiger partial charge on any atom is -0.345 e. The van der Waals surface area contributed by atoms with Gasteiger partial charge in [-0.15, -0.1) is 0 Å². The molecule has 3 aromatic rings. The lowest BCUT2D eigenvalue weighted by Crippen LogP contribution is -2.23. The molecule has 0 saturated heterocycles. The molecule has 0 fully saturated rings. The van der Waals surface area contributed by atoms with Crippen molar-refractivity contribution in [3.05, 3.63) is 59.4 Å². The van der Waals surface area contributed by atoms with Gasteiger partial charge in [-0.1, -0.05) is 12.1 Å². The van der Waals surface area contributed by atoms with Gasteiger partial charge in [-0.2, -0.15) is 0 Å². The van der Waals surface area contributed by atoms with Crippen molar-refractivity contribution in [2.75, 3.05) is 0 Å². The zero-order valence-electron chi connectivity index (χ0n) is 13.2. The predicted molar refractivity (Wildman–Crippen MR) is 93.2 cm³/mol. The molecule has 0 atom stereocenters. The number of rotatable bonds is 4. The van der Waals surface area contributed by atoms with E-state index in [0.717, 1.165) is 35.9 Å². The van der Waals surface area contributed by atoms with E-state index < -0.39 is 10.0 Å². The summed E-state index contributed by atoms with van der Waals surface area (Å²) in [5.74, 6) is 0. The van der Waals surface area contributed by atoms with Crippen LogP contribution in [0, 0.1) is 0 Å². The van der Waals surface area contributed by atoms with Crippen molar-refractivity contribution in [1.29, 1.82) is 0 Å². The third kappa shape index (κ3) is 2.95. The van der Waals surface area contributed by atoms with Crippen LogP contribution in [0.5, 0.6) is 0 Å². The number of H-pyrrole nitrogens is 1. The number of nitrogens with one attached hydrogen (secondary N) is 2. The number of aromatic nitrogens is 2. The van der Waals surface area contributed by atoms with E-state index in [4.69, 9.17) is 0 Å². The highest BCUT2D eigenvalue weighted by Gasteiger charge is 2.17. The summed E-state index contributed by atoms with van der Waals surface area (Å²) in [5, 5.41) is 0. The summed E-state index contributed by atoms with van der Waals surface area (Å²) in [6.45, 7) is 0.258. The minimum absolute atomic E-state index is 0.258. The fraction of sp³-hybridized carbons (Fsp3) is 0.278. The van der Waals surface area contributed by atoms with Gasteiger partial charge >= 0.3 is 0 Å². The van der Waals surface area contributed by atoms with E-state index in [0.29, 0.717) is 4.90 Å². The van der Waals surface area contributed by atoms with Gasteiger partial charge in [0.1, 0.15) is 0 Å². The van der Waals surface area contributed by atoms with Gasteiger partial charge in [0, 0.05) is 6.54 Å². The Hall–Kier alpha value is -2.18. The smallest absolute Gasteiger partial charge is 0.240 e. The highest BCUT2D eigenvalue weighted by atomic mass is 32.2. The topological polar surface area (TPSA) is 74.8 Å². The zero-order chi connectivity index (χ0) is 16.6. The Bertz CT molecular complexity index is 992. The van der Waals surface area contributed by atoms with E-state index in [1.165, 1.54) is 17.5 Å². The van der Waals surface area contributed by atoms with Crippen LogP contribution in [0.4, 0.5) is 0 Å². The highest BCUT2D eigenvalue weighted by molar-refractivity contribution is 7.89. The molecule has 5 nitrogen and oxygen atoms in total. The van der Waals surface area contributed by atoms with Gasteiger partial charge in [-0.3, -0.25) is 0 Å². The number of aryl methyl sites for hydroxylation is 2. The fourth-order valence-electron chi connectivity index (χ4n) is 3.23. The zero-order valence-corrected chi connectivity index (χ0v) is 14.1. The number of sulfonamides is 1. The SMILES string of the molecule is O=S(=O)(NCc1ccc2nc[nH]c2c1)c1ccc2c(c1)CCCC2. The molecule has 0 saturated carbocycles. The van der Waals surface area contributed by atoms with Gasteiger partial charge in [0.15, 0.2) is 0 Å². The van der Waals surface area contributed by atoms with Crippen molar-refractivity contribution in [3.8, 4) is 0 Å². The average molecular weight is 341 g/mol. The molecule has 0 unspecified atom stereocenters. The molecule has 0 spiro atoms. The first-order chi connectivity index (χ1) is 11.6. The van der Waals surface area contributed by atoms with Crippen LogP contribution in [0.2, 0.25) is 0 Å². The molecular weight excluding hydrogens is 322 g/mol. The number of hydrogen-bond donors (Lipinski definition) is 2. The molecule has 0 aliphatic heterocycles. The lowest BCUT2D eigenvalue weighted by molar-refractivity contribution is 0.580. The van der Waals surface area contributed by atoms with Crippen LogP contribution in [0.1, 0.15) is 29.5 Å². The molecule has 4 rings (SSSR count). The molecule has 1 aliphatic rings. The number of aromatic amines is 1. The molecule has 124 valence electrons. The number of imidazole rings is 1. The maximum Gasteiger partial charge on any atom is 0.240 e. The van der Waals surface area contributed by atoms with Crippen LogP contribution in [-0.2, 0) is 29.4 Å². The van der Waals surface area contributed by atoms with Gasteiger partial charge in [-0.25, -0.2) is 18.1 Å². The summed E-state index contributed by atoms with van der Waals surface area (Å²) < 4.78 is 27.8. The minimum atomic E-state index is -3.51. The maximum absolute atomic E-state index is 12.6. The van der Waals surface area contributed by atoms with Crippen molar-refractivity contribution < 1.29 is 8.42 Å². The lowest BCUT2D eigenvalue weighted by atomic mass is 9.92. The van der Waals surface area contributed by atoms with Crippen LogP contribution in [-0.4, -0.2) is 18.4 Å². The first kappa shape index (κ1) is 15.4. The van der Waals surface area contributed by atoms with Crippen LogP contribution in [0.15, 0.2) is 47.6 Å². The van der Waals surface area contributed by atoms with Crippen molar-refractivity contribution in [2.24, 2.45) is 0 Å². The van der Waals surface area contributed by atoms with E-state index in [2.05, 4.69) is 14.7 Å². The molecule has 1 aliphatic carbocycles. The molecule has 0 radical (unpaired) electrons. The second kappa shape index (κ2) is 6.03. The Morgan fingerprint density at radius 2 is 1.88 bits per heavy atom. The molecule has 2 aromatic carbocycles. The summed E-state index contributed by atoms with van der Waals surface area (Å²) >= 11 is 0. The van der Waals surface area contributed by atoms with Crippen LogP contribution >= 0.6 is 0 Å². The van der Waals surface area contributed by atoms with Crippen molar-refractivity contribution in [2.45, 2.75) is 37.1 Å². The fourth-order valence-corrected chi connectivity index (χ4v) is 4.30. The van der Waals surface area contributed by atoms with Gasteiger partial charge in [0.05, 0.1) is 22.3 Å². The summed E-state index contributed by atoms with van der Waals surface area (Å²) in [6.07, 6.45) is 5.97. The quantitative estimate of drug-likeness (QED) is 0.766. The van der Waals surface area contributed by atoms with Crippen LogP contribution in [0.25, 0.3) is 11.0 Å². The molecule has 6 heteroatoms. The Kier molecular flexibility index (Phi) is 3.86. The molecule has 24 heavy (non-hydrogen) atoms. The molecule has 1 aromatic heterocycles. The Labute approximate surface area is 141 Å². The number of benzene rings is 2. The van der Waals surface area contributed by atoms with E-state index in [1.807, 2.05) is 30.3 Å². The summed E-state index contributed by atoms with van der Waals surface area (Å²) in [4.78, 5) is 7.55. The molecule has 0 amide bonds. The second-order valence-electron chi connectivity index (χ2n) is 6.22. The van der Waals surface area contributed by atoms with Gasteiger partial charge in [0.25, 0.3) is 0 Å². The Balaban J connectivity index is 1.54. The standard InChI is InChI=1S/C18H19N3O2S/c22-24(23,16-7-6-14-3-1-2-4-15(14)10-16)21-11-13-5-8-17-18(9-13)20-12-19-17/h5-10,12,21H,1-4,11H2,(H,19,20). The van der Waals surface area contributed by atoms with E-state index in [-0.39, 0.29) is 6.54 Å². The third-order valence-electron chi connectivity index (χ3n) is 4.58.